The Balaban J connectivity index is 1.97. The number of nitrogens with one attached hydrogen (secondary N) is 1. The van der Waals surface area contributed by atoms with Crippen LogP contribution in [0.1, 0.15) is 45.4 Å². The summed E-state index contributed by atoms with van der Waals surface area (Å²) >= 11 is 0. The third kappa shape index (κ3) is 3.76. The summed E-state index contributed by atoms with van der Waals surface area (Å²) in [6.45, 7) is 4.96. The molecule has 1 aliphatic carbocycles. The van der Waals surface area contributed by atoms with Crippen LogP contribution in [0.4, 0.5) is 0 Å². The van der Waals surface area contributed by atoms with E-state index in [0.717, 1.165) is 32.2 Å². The molecule has 0 spiro atoms. The summed E-state index contributed by atoms with van der Waals surface area (Å²) in [5, 5.41) is 12.9. The number of hydrogen-bond acceptors (Lipinski definition) is 4. The van der Waals surface area contributed by atoms with Crippen molar-refractivity contribution in [3.05, 3.63) is 0 Å². The highest BCUT2D eigenvalue weighted by Crippen LogP contribution is 2.32. The molecule has 1 aliphatic heterocycles. The van der Waals surface area contributed by atoms with E-state index in [0.29, 0.717) is 18.6 Å². The Kier molecular flexibility index (Phi) is 5.63. The van der Waals surface area contributed by atoms with Crippen molar-refractivity contribution in [2.75, 3.05) is 33.7 Å². The third-order valence-corrected chi connectivity index (χ3v) is 5.44. The Hall–Kier alpha value is -0.650. The first-order valence-corrected chi connectivity index (χ1v) is 8.37. The van der Waals surface area contributed by atoms with Gasteiger partial charge in [0.1, 0.15) is 5.54 Å². The van der Waals surface area contributed by atoms with Crippen LogP contribution < -0.4 is 5.32 Å². The van der Waals surface area contributed by atoms with Gasteiger partial charge in [0.15, 0.2) is 0 Å². The normalized spacial score (nSPS) is 34.5. The predicted molar refractivity (Wildman–Crippen MR) is 84.6 cm³/mol. The summed E-state index contributed by atoms with van der Waals surface area (Å²) in [6, 6.07) is 1.01. The molecule has 2 fully saturated rings. The van der Waals surface area contributed by atoms with E-state index in [9.17, 15) is 9.90 Å². The first-order chi connectivity index (χ1) is 9.98. The number of carboxylic acid groups (broad SMARTS) is 1. The van der Waals surface area contributed by atoms with Crippen LogP contribution in [0, 0.1) is 0 Å². The van der Waals surface area contributed by atoms with Crippen LogP contribution in [0.25, 0.3) is 0 Å². The van der Waals surface area contributed by atoms with E-state index in [1.807, 2.05) is 6.92 Å². The largest absolute Gasteiger partial charge is 0.480 e. The summed E-state index contributed by atoms with van der Waals surface area (Å²) < 4.78 is 0. The molecular formula is C16H31N3O2. The molecule has 1 saturated heterocycles. The standard InChI is InChI=1S/C16H31N3O2/c1-4-17-16(15(20)21)9-5-7-13(11-16)19(3)12-14-8-6-10-18(14)2/h13-14,17H,4-12H2,1-3H3,(H,20,21). The van der Waals surface area contributed by atoms with Gasteiger partial charge in [-0.2, -0.15) is 0 Å². The van der Waals surface area contributed by atoms with Gasteiger partial charge >= 0.3 is 5.97 Å². The van der Waals surface area contributed by atoms with E-state index in [2.05, 4.69) is 29.2 Å². The molecule has 1 heterocycles. The second kappa shape index (κ2) is 7.07. The molecular weight excluding hydrogens is 266 g/mol. The Morgan fingerprint density at radius 3 is 2.76 bits per heavy atom. The molecule has 0 amide bonds. The van der Waals surface area contributed by atoms with Gasteiger partial charge in [-0.05, 0) is 65.7 Å². The number of carbonyl (C=O) groups is 1. The SMILES string of the molecule is CCNC1(C(=O)O)CCCC(N(C)CC2CCCN2C)C1. The molecule has 2 aliphatic rings. The summed E-state index contributed by atoms with van der Waals surface area (Å²) in [6.07, 6.45) is 6.15. The first-order valence-electron chi connectivity index (χ1n) is 8.37. The Bertz CT molecular complexity index is 359. The van der Waals surface area contributed by atoms with Crippen LogP contribution in [0.15, 0.2) is 0 Å². The highest BCUT2D eigenvalue weighted by molar-refractivity contribution is 5.79. The average molecular weight is 297 g/mol. The minimum absolute atomic E-state index is 0.378. The van der Waals surface area contributed by atoms with Crippen LogP contribution >= 0.6 is 0 Å². The Labute approximate surface area is 128 Å². The van der Waals surface area contributed by atoms with Gasteiger partial charge in [-0.15, -0.1) is 0 Å². The second-order valence-corrected chi connectivity index (χ2v) is 6.88. The average Bonchev–Trinajstić information content (AvgIpc) is 2.84. The fourth-order valence-corrected chi connectivity index (χ4v) is 4.08. The van der Waals surface area contributed by atoms with Crippen LogP contribution in [-0.2, 0) is 4.79 Å². The van der Waals surface area contributed by atoms with Gasteiger partial charge in [0.2, 0.25) is 0 Å². The van der Waals surface area contributed by atoms with Gasteiger partial charge in [0.25, 0.3) is 0 Å². The number of aliphatic carboxylic acids is 1. The van der Waals surface area contributed by atoms with Gasteiger partial charge in [0.05, 0.1) is 0 Å². The van der Waals surface area contributed by atoms with Crippen molar-refractivity contribution in [2.24, 2.45) is 0 Å². The van der Waals surface area contributed by atoms with Gasteiger partial charge in [-0.1, -0.05) is 6.92 Å². The summed E-state index contributed by atoms with van der Waals surface area (Å²) in [4.78, 5) is 16.6. The molecule has 5 nitrogen and oxygen atoms in total. The van der Waals surface area contributed by atoms with Gasteiger partial charge in [-0.25, -0.2) is 0 Å². The van der Waals surface area contributed by atoms with E-state index in [4.69, 9.17) is 0 Å². The molecule has 0 aromatic heterocycles. The topological polar surface area (TPSA) is 55.8 Å². The van der Waals surface area contributed by atoms with Crippen molar-refractivity contribution in [3.8, 4) is 0 Å². The molecule has 3 atom stereocenters. The lowest BCUT2D eigenvalue weighted by molar-refractivity contribution is -0.147. The fraction of sp³-hybridized carbons (Fsp3) is 0.938. The molecule has 0 radical (unpaired) electrons. The van der Waals surface area contributed by atoms with Crippen molar-refractivity contribution >= 4 is 5.97 Å². The maximum absolute atomic E-state index is 11.7. The minimum Gasteiger partial charge on any atom is -0.480 e. The monoisotopic (exact) mass is 297 g/mol. The fourth-order valence-electron chi connectivity index (χ4n) is 4.08. The number of likely N-dealkylation sites (tertiary alicyclic amines) is 1. The zero-order valence-electron chi connectivity index (χ0n) is 13.8. The molecule has 0 aromatic rings. The predicted octanol–water partition coefficient (Wildman–Crippen LogP) is 1.39. The zero-order chi connectivity index (χ0) is 15.5. The van der Waals surface area contributed by atoms with E-state index in [1.165, 1.54) is 19.4 Å². The lowest BCUT2D eigenvalue weighted by atomic mass is 9.78. The molecule has 0 bridgehead atoms. The van der Waals surface area contributed by atoms with Crippen molar-refractivity contribution < 1.29 is 9.90 Å². The van der Waals surface area contributed by atoms with Gasteiger partial charge < -0.3 is 20.2 Å². The summed E-state index contributed by atoms with van der Waals surface area (Å²) in [5.74, 6) is -0.680. The van der Waals surface area contributed by atoms with E-state index in [1.54, 1.807) is 0 Å². The molecule has 122 valence electrons. The molecule has 2 N–H and O–H groups in total. The van der Waals surface area contributed by atoms with Crippen LogP contribution in [0.3, 0.4) is 0 Å². The highest BCUT2D eigenvalue weighted by atomic mass is 16.4. The lowest BCUT2D eigenvalue weighted by Gasteiger charge is -2.42. The Morgan fingerprint density at radius 2 is 2.19 bits per heavy atom. The number of rotatable bonds is 6. The molecule has 21 heavy (non-hydrogen) atoms. The van der Waals surface area contributed by atoms with E-state index in [-0.39, 0.29) is 0 Å². The quantitative estimate of drug-likeness (QED) is 0.776. The number of carboxylic acids is 1. The number of hydrogen-bond donors (Lipinski definition) is 2. The van der Waals surface area contributed by atoms with Crippen LogP contribution in [0.2, 0.25) is 0 Å². The summed E-state index contributed by atoms with van der Waals surface area (Å²) in [5.41, 5.74) is -0.715. The third-order valence-electron chi connectivity index (χ3n) is 5.44. The molecule has 1 saturated carbocycles. The number of nitrogens with zero attached hydrogens (tertiary/aromatic N) is 2. The highest BCUT2D eigenvalue weighted by Gasteiger charge is 2.43. The van der Waals surface area contributed by atoms with Crippen molar-refractivity contribution in [3.63, 3.8) is 0 Å². The van der Waals surface area contributed by atoms with Crippen molar-refractivity contribution in [1.82, 2.24) is 15.1 Å². The van der Waals surface area contributed by atoms with Crippen molar-refractivity contribution in [1.29, 1.82) is 0 Å². The van der Waals surface area contributed by atoms with Crippen LogP contribution in [-0.4, -0.2) is 72.2 Å². The zero-order valence-corrected chi connectivity index (χ0v) is 13.8. The molecule has 0 aromatic carbocycles. The minimum atomic E-state index is -0.715. The number of likely N-dealkylation sites (N-methyl/N-ethyl adjacent to an activating group) is 3. The molecule has 3 unspecified atom stereocenters. The lowest BCUT2D eigenvalue weighted by Crippen LogP contribution is -2.58. The molecule has 5 heteroatoms. The maximum atomic E-state index is 11.7. The van der Waals surface area contributed by atoms with E-state index >= 15 is 0 Å². The van der Waals surface area contributed by atoms with Crippen molar-refractivity contribution in [2.45, 2.75) is 63.1 Å². The second-order valence-electron chi connectivity index (χ2n) is 6.88. The van der Waals surface area contributed by atoms with Gasteiger partial charge in [0, 0.05) is 18.6 Å². The maximum Gasteiger partial charge on any atom is 0.323 e. The van der Waals surface area contributed by atoms with Crippen LogP contribution in [0.5, 0.6) is 0 Å². The first kappa shape index (κ1) is 16.7. The summed E-state index contributed by atoms with van der Waals surface area (Å²) in [7, 11) is 4.37. The smallest absolute Gasteiger partial charge is 0.323 e. The molecule has 2 rings (SSSR count). The Morgan fingerprint density at radius 1 is 1.43 bits per heavy atom. The van der Waals surface area contributed by atoms with Gasteiger partial charge in [-0.3, -0.25) is 4.79 Å². The van der Waals surface area contributed by atoms with E-state index < -0.39 is 11.5 Å².